The van der Waals surface area contributed by atoms with Gasteiger partial charge in [-0.15, -0.1) is 0 Å². The molecule has 1 aliphatic rings. The lowest BCUT2D eigenvalue weighted by atomic mass is 9.86. The van der Waals surface area contributed by atoms with Crippen LogP contribution in [-0.2, 0) is 5.41 Å². The smallest absolute Gasteiger partial charge is 0.251 e. The molecule has 1 atom stereocenters. The van der Waals surface area contributed by atoms with E-state index in [0.717, 1.165) is 45.7 Å². The third-order valence-electron chi connectivity index (χ3n) is 7.14. The summed E-state index contributed by atoms with van der Waals surface area (Å²) in [7, 11) is 0. The monoisotopic (exact) mass is 552 g/mol. The van der Waals surface area contributed by atoms with Crippen LogP contribution in [0.15, 0.2) is 77.7 Å². The van der Waals surface area contributed by atoms with Crippen molar-refractivity contribution < 1.29 is 9.53 Å². The standard InChI is InChI=1S/C33H36N4O2S/c1-21-9-6-10-22(2)30(21)27-20-29-36-32(35-27)37-40-26-12-7-11-24(19-26)31(38)34-18-8-13-28(39-29)23-14-16-25(17-15-23)33(3,4)5/h6-7,9-12,14-17,19-20,28H,8,13,18H2,1-5H3,(H,34,38)(H,35,36,37). The maximum absolute atomic E-state index is 12.8. The van der Waals surface area contributed by atoms with Gasteiger partial charge in [0.1, 0.15) is 6.10 Å². The Morgan fingerprint density at radius 2 is 1.65 bits per heavy atom. The molecule has 1 aromatic heterocycles. The molecule has 2 heterocycles. The quantitative estimate of drug-likeness (QED) is 0.247. The van der Waals surface area contributed by atoms with Crippen LogP contribution >= 0.6 is 11.9 Å². The SMILES string of the molecule is Cc1cccc(C)c1-c1cc2nc(n1)NSc1cccc(c1)C(=O)NCCCC(c1ccc(C(C)(C)C)cc1)O2. The van der Waals surface area contributed by atoms with Crippen LogP contribution < -0.4 is 14.8 Å². The van der Waals surface area contributed by atoms with Gasteiger partial charge >= 0.3 is 0 Å². The Balaban J connectivity index is 1.56. The molecule has 3 aromatic carbocycles. The minimum absolute atomic E-state index is 0.0628. The van der Waals surface area contributed by atoms with Crippen LogP contribution in [0.4, 0.5) is 5.95 Å². The average Bonchev–Trinajstić information content (AvgIpc) is 2.93. The van der Waals surface area contributed by atoms with Crippen molar-refractivity contribution in [3.8, 4) is 17.1 Å². The summed E-state index contributed by atoms with van der Waals surface area (Å²) in [5.74, 6) is 0.874. The number of aromatic nitrogens is 2. The van der Waals surface area contributed by atoms with Gasteiger partial charge in [-0.2, -0.15) is 4.98 Å². The topological polar surface area (TPSA) is 76.1 Å². The second-order valence-electron chi connectivity index (χ2n) is 11.3. The zero-order valence-corrected chi connectivity index (χ0v) is 24.6. The molecular formula is C33H36N4O2S. The molecule has 7 heteroatoms. The van der Waals surface area contributed by atoms with E-state index in [1.54, 1.807) is 0 Å². The number of fused-ring (bicyclic) bond motifs is 4. The van der Waals surface area contributed by atoms with Crippen LogP contribution in [0.1, 0.15) is 72.3 Å². The molecule has 0 saturated heterocycles. The molecule has 206 valence electrons. The minimum atomic E-state index is -0.238. The molecule has 1 amide bonds. The lowest BCUT2D eigenvalue weighted by molar-refractivity contribution is 0.0950. The Hall–Kier alpha value is -3.84. The lowest BCUT2D eigenvalue weighted by Gasteiger charge is -2.23. The summed E-state index contributed by atoms with van der Waals surface area (Å²) in [6, 6.07) is 24.4. The highest BCUT2D eigenvalue weighted by Crippen LogP contribution is 2.33. The Morgan fingerprint density at radius 3 is 2.38 bits per heavy atom. The van der Waals surface area contributed by atoms with Gasteiger partial charge in [0.2, 0.25) is 11.8 Å². The van der Waals surface area contributed by atoms with Crippen LogP contribution in [0.2, 0.25) is 0 Å². The van der Waals surface area contributed by atoms with E-state index in [2.05, 4.69) is 87.1 Å². The number of ether oxygens (including phenoxy) is 1. The van der Waals surface area contributed by atoms with Crippen molar-refractivity contribution in [2.75, 3.05) is 11.3 Å². The van der Waals surface area contributed by atoms with Gasteiger partial charge in [-0.3, -0.25) is 9.52 Å². The highest BCUT2D eigenvalue weighted by molar-refractivity contribution is 8.00. The van der Waals surface area contributed by atoms with Crippen LogP contribution in [0, 0.1) is 13.8 Å². The van der Waals surface area contributed by atoms with Gasteiger partial charge in [-0.05, 0) is 84.5 Å². The first kappa shape index (κ1) is 27.7. The second kappa shape index (κ2) is 11.7. The third kappa shape index (κ3) is 6.48. The molecule has 0 spiro atoms. The van der Waals surface area contributed by atoms with Crippen molar-refractivity contribution in [3.63, 3.8) is 0 Å². The Kier molecular flexibility index (Phi) is 8.12. The second-order valence-corrected chi connectivity index (χ2v) is 12.2. The molecule has 0 saturated carbocycles. The van der Waals surface area contributed by atoms with Crippen molar-refractivity contribution in [1.82, 2.24) is 15.3 Å². The van der Waals surface area contributed by atoms with Crippen LogP contribution in [0.5, 0.6) is 5.88 Å². The number of rotatable bonds is 2. The predicted octanol–water partition coefficient (Wildman–Crippen LogP) is 7.82. The maximum Gasteiger partial charge on any atom is 0.251 e. The van der Waals surface area contributed by atoms with Gasteiger partial charge in [-0.1, -0.05) is 69.3 Å². The van der Waals surface area contributed by atoms with E-state index in [1.165, 1.54) is 17.5 Å². The van der Waals surface area contributed by atoms with Crippen LogP contribution in [-0.4, -0.2) is 22.4 Å². The van der Waals surface area contributed by atoms with E-state index >= 15 is 0 Å². The first-order valence-electron chi connectivity index (χ1n) is 13.7. The zero-order chi connectivity index (χ0) is 28.3. The molecule has 4 bridgehead atoms. The summed E-state index contributed by atoms with van der Waals surface area (Å²) in [4.78, 5) is 23.4. The van der Waals surface area contributed by atoms with Gasteiger partial charge in [0, 0.05) is 28.6 Å². The van der Waals surface area contributed by atoms with E-state index in [4.69, 9.17) is 14.7 Å². The normalized spacial score (nSPS) is 16.1. The van der Waals surface area contributed by atoms with Crippen molar-refractivity contribution >= 4 is 23.8 Å². The summed E-state index contributed by atoms with van der Waals surface area (Å²) in [6.45, 7) is 11.4. The van der Waals surface area contributed by atoms with Crippen molar-refractivity contribution in [3.05, 3.63) is 101 Å². The molecule has 0 radical (unpaired) electrons. The molecule has 6 nitrogen and oxygen atoms in total. The molecule has 0 aliphatic carbocycles. The number of amides is 1. The fourth-order valence-electron chi connectivity index (χ4n) is 4.91. The highest BCUT2D eigenvalue weighted by atomic mass is 32.2. The van der Waals surface area contributed by atoms with E-state index in [0.29, 0.717) is 23.9 Å². The molecule has 0 fully saturated rings. The summed E-state index contributed by atoms with van der Waals surface area (Å²) < 4.78 is 9.93. The van der Waals surface area contributed by atoms with E-state index in [1.807, 2.05) is 30.3 Å². The van der Waals surface area contributed by atoms with Gasteiger partial charge in [-0.25, -0.2) is 4.98 Å². The lowest BCUT2D eigenvalue weighted by Crippen LogP contribution is -2.25. The Labute approximate surface area is 241 Å². The van der Waals surface area contributed by atoms with Crippen molar-refractivity contribution in [2.45, 2.75) is 63.9 Å². The molecule has 1 unspecified atom stereocenters. The summed E-state index contributed by atoms with van der Waals surface area (Å²) in [5, 5.41) is 3.06. The molecular weight excluding hydrogens is 516 g/mol. The van der Waals surface area contributed by atoms with E-state index < -0.39 is 0 Å². The number of nitrogens with zero attached hydrogens (tertiary/aromatic N) is 2. The number of benzene rings is 3. The molecule has 2 N–H and O–H groups in total. The van der Waals surface area contributed by atoms with Gasteiger partial charge in [0.25, 0.3) is 5.91 Å². The number of carbonyl (C=O) groups is 1. The van der Waals surface area contributed by atoms with Crippen molar-refractivity contribution in [1.29, 1.82) is 0 Å². The number of carbonyl (C=O) groups excluding carboxylic acids is 1. The largest absolute Gasteiger partial charge is 0.469 e. The van der Waals surface area contributed by atoms with Gasteiger partial charge in [0.05, 0.1) is 5.69 Å². The molecule has 1 aliphatic heterocycles. The Morgan fingerprint density at radius 1 is 0.925 bits per heavy atom. The summed E-state index contributed by atoms with van der Waals surface area (Å²) >= 11 is 1.37. The number of aryl methyl sites for hydroxylation is 2. The molecule has 40 heavy (non-hydrogen) atoms. The summed E-state index contributed by atoms with van der Waals surface area (Å²) in [6.07, 6.45) is 1.24. The van der Waals surface area contributed by atoms with E-state index in [-0.39, 0.29) is 17.4 Å². The summed E-state index contributed by atoms with van der Waals surface area (Å²) in [5.41, 5.74) is 7.19. The first-order valence-corrected chi connectivity index (χ1v) is 14.5. The minimum Gasteiger partial charge on any atom is -0.469 e. The zero-order valence-electron chi connectivity index (χ0n) is 23.7. The molecule has 4 aromatic rings. The van der Waals surface area contributed by atoms with Gasteiger partial charge in [0.15, 0.2) is 0 Å². The number of hydrogen-bond donors (Lipinski definition) is 2. The van der Waals surface area contributed by atoms with Gasteiger partial charge < -0.3 is 10.1 Å². The average molecular weight is 553 g/mol. The fourth-order valence-corrected chi connectivity index (χ4v) is 5.54. The predicted molar refractivity (Wildman–Crippen MR) is 163 cm³/mol. The number of nitrogens with one attached hydrogen (secondary N) is 2. The maximum atomic E-state index is 12.8. The van der Waals surface area contributed by atoms with Crippen LogP contribution in [0.3, 0.4) is 0 Å². The number of hydrogen-bond acceptors (Lipinski definition) is 6. The fraction of sp³-hybridized carbons (Fsp3) is 0.303. The van der Waals surface area contributed by atoms with Crippen LogP contribution in [0.25, 0.3) is 11.3 Å². The first-order chi connectivity index (χ1) is 19.2. The third-order valence-corrected chi connectivity index (χ3v) is 7.91. The highest BCUT2D eigenvalue weighted by Gasteiger charge is 2.20. The molecule has 5 rings (SSSR count). The number of anilines is 1. The van der Waals surface area contributed by atoms with Crippen molar-refractivity contribution in [2.24, 2.45) is 0 Å². The van der Waals surface area contributed by atoms with E-state index in [9.17, 15) is 4.79 Å². The Bertz CT molecular complexity index is 1490.